The van der Waals surface area contributed by atoms with Gasteiger partial charge in [-0.25, -0.2) is 4.98 Å². The maximum atomic E-state index is 5.57. The van der Waals surface area contributed by atoms with E-state index in [1.54, 1.807) is 14.2 Å². The first kappa shape index (κ1) is 20.8. The molecule has 3 rings (SSSR count). The number of ether oxygens (including phenoxy) is 2. The zero-order valence-electron chi connectivity index (χ0n) is 17.6. The van der Waals surface area contributed by atoms with Gasteiger partial charge in [0.15, 0.2) is 17.5 Å². The minimum Gasteiger partial charge on any atom is -0.493 e. The molecule has 2 aromatic rings. The molecule has 0 saturated carbocycles. The Morgan fingerprint density at radius 2 is 1.97 bits per heavy atom. The number of nitrogens with one attached hydrogen (secondary N) is 2. The summed E-state index contributed by atoms with van der Waals surface area (Å²) >= 11 is 0. The van der Waals surface area contributed by atoms with Crippen molar-refractivity contribution >= 4 is 17.5 Å². The van der Waals surface area contributed by atoms with Crippen LogP contribution in [0.2, 0.25) is 0 Å². The molecule has 1 aromatic heterocycles. The molecule has 1 saturated heterocycles. The highest BCUT2D eigenvalue weighted by molar-refractivity contribution is 5.93. The van der Waals surface area contributed by atoms with E-state index in [-0.39, 0.29) is 0 Å². The van der Waals surface area contributed by atoms with Crippen molar-refractivity contribution in [2.75, 3.05) is 44.1 Å². The first-order valence-corrected chi connectivity index (χ1v) is 10.2. The summed E-state index contributed by atoms with van der Waals surface area (Å²) in [5.41, 5.74) is 2.05. The number of nitrogens with zero attached hydrogens (tertiary/aromatic N) is 3. The highest BCUT2D eigenvalue weighted by Gasteiger charge is 2.12. The largest absolute Gasteiger partial charge is 0.493 e. The summed E-state index contributed by atoms with van der Waals surface area (Å²) in [6.45, 7) is 5.39. The van der Waals surface area contributed by atoms with E-state index in [9.17, 15) is 0 Å². The van der Waals surface area contributed by atoms with Gasteiger partial charge >= 0.3 is 0 Å². The molecule has 1 fully saturated rings. The lowest BCUT2D eigenvalue weighted by Crippen LogP contribution is -2.31. The summed E-state index contributed by atoms with van der Waals surface area (Å²) in [4.78, 5) is 11.2. The number of piperidine rings is 1. The standard InChI is InChI=1S/C22H31N5O2/c1-4-29-19-9-8-18(15-20(19)28-3)26-22(23-2)25-16-17-10-11-24-21(14-17)27-12-6-5-7-13-27/h8-11,14-15H,4-7,12-13,16H2,1-3H3,(H2,23,25,26). The molecule has 1 aliphatic heterocycles. The van der Waals surface area contributed by atoms with Gasteiger partial charge in [0.25, 0.3) is 0 Å². The predicted molar refractivity (Wildman–Crippen MR) is 118 cm³/mol. The molecule has 0 atom stereocenters. The zero-order chi connectivity index (χ0) is 20.5. The smallest absolute Gasteiger partial charge is 0.195 e. The average Bonchev–Trinajstić information content (AvgIpc) is 2.78. The molecule has 1 aliphatic rings. The number of rotatable bonds is 7. The molecular weight excluding hydrogens is 366 g/mol. The Morgan fingerprint density at radius 3 is 2.69 bits per heavy atom. The van der Waals surface area contributed by atoms with Crippen LogP contribution >= 0.6 is 0 Å². The number of hydrogen-bond acceptors (Lipinski definition) is 5. The van der Waals surface area contributed by atoms with E-state index >= 15 is 0 Å². The van der Waals surface area contributed by atoms with Crippen LogP contribution in [0.5, 0.6) is 11.5 Å². The molecule has 2 heterocycles. The number of guanidine groups is 1. The third-order valence-electron chi connectivity index (χ3n) is 4.90. The number of anilines is 2. The molecule has 0 aliphatic carbocycles. The quantitative estimate of drug-likeness (QED) is 0.549. The molecular formula is C22H31N5O2. The third-order valence-corrected chi connectivity index (χ3v) is 4.90. The van der Waals surface area contributed by atoms with Gasteiger partial charge in [-0.3, -0.25) is 4.99 Å². The maximum absolute atomic E-state index is 5.57. The van der Waals surface area contributed by atoms with Gasteiger partial charge in [-0.05, 0) is 56.0 Å². The van der Waals surface area contributed by atoms with Crippen molar-refractivity contribution in [2.24, 2.45) is 4.99 Å². The molecule has 0 unspecified atom stereocenters. The van der Waals surface area contributed by atoms with Gasteiger partial charge in [0.1, 0.15) is 5.82 Å². The van der Waals surface area contributed by atoms with Crippen LogP contribution in [-0.2, 0) is 6.54 Å². The summed E-state index contributed by atoms with van der Waals surface area (Å²) < 4.78 is 11.0. The molecule has 29 heavy (non-hydrogen) atoms. The summed E-state index contributed by atoms with van der Waals surface area (Å²) in [5, 5.41) is 6.66. The highest BCUT2D eigenvalue weighted by Crippen LogP contribution is 2.30. The molecule has 1 aromatic carbocycles. The van der Waals surface area contributed by atoms with Crippen LogP contribution in [-0.4, -0.2) is 44.8 Å². The Morgan fingerprint density at radius 1 is 1.14 bits per heavy atom. The van der Waals surface area contributed by atoms with E-state index in [0.29, 0.717) is 24.9 Å². The van der Waals surface area contributed by atoms with E-state index in [0.717, 1.165) is 30.3 Å². The minimum absolute atomic E-state index is 0.595. The van der Waals surface area contributed by atoms with Crippen molar-refractivity contribution in [2.45, 2.75) is 32.7 Å². The minimum atomic E-state index is 0.595. The van der Waals surface area contributed by atoms with Crippen LogP contribution in [0.4, 0.5) is 11.5 Å². The third kappa shape index (κ3) is 5.76. The Labute approximate surface area is 173 Å². The highest BCUT2D eigenvalue weighted by atomic mass is 16.5. The molecule has 7 heteroatoms. The molecule has 0 bridgehead atoms. The van der Waals surface area contributed by atoms with Crippen molar-refractivity contribution in [3.05, 3.63) is 42.1 Å². The van der Waals surface area contributed by atoms with Gasteiger partial charge in [-0.1, -0.05) is 0 Å². The number of methoxy groups -OCH3 is 1. The van der Waals surface area contributed by atoms with Gasteiger partial charge in [-0.2, -0.15) is 0 Å². The average molecular weight is 398 g/mol. The van der Waals surface area contributed by atoms with E-state index in [2.05, 4.69) is 31.6 Å². The van der Waals surface area contributed by atoms with Crippen molar-refractivity contribution in [1.29, 1.82) is 0 Å². The van der Waals surface area contributed by atoms with Gasteiger partial charge in [0.2, 0.25) is 0 Å². The number of aliphatic imine (C=N–C) groups is 1. The SMILES string of the molecule is CCOc1ccc(NC(=NC)NCc2ccnc(N3CCCCC3)c2)cc1OC. The fourth-order valence-corrected chi connectivity index (χ4v) is 3.39. The first-order valence-electron chi connectivity index (χ1n) is 10.2. The topological polar surface area (TPSA) is 71.0 Å². The molecule has 0 spiro atoms. The molecule has 156 valence electrons. The Kier molecular flexibility index (Phi) is 7.55. The van der Waals surface area contributed by atoms with Crippen molar-refractivity contribution < 1.29 is 9.47 Å². The molecule has 2 N–H and O–H groups in total. The van der Waals surface area contributed by atoms with Crippen LogP contribution in [0.15, 0.2) is 41.5 Å². The summed E-state index contributed by atoms with van der Waals surface area (Å²) in [6.07, 6.45) is 5.68. The second-order valence-electron chi connectivity index (χ2n) is 6.92. The Bertz CT molecular complexity index is 819. The predicted octanol–water partition coefficient (Wildman–Crippen LogP) is 3.67. The van der Waals surface area contributed by atoms with Crippen molar-refractivity contribution in [3.8, 4) is 11.5 Å². The number of aromatic nitrogens is 1. The monoisotopic (exact) mass is 397 g/mol. The number of hydrogen-bond donors (Lipinski definition) is 2. The van der Waals surface area contributed by atoms with Crippen molar-refractivity contribution in [3.63, 3.8) is 0 Å². The summed E-state index contributed by atoms with van der Waals surface area (Å²) in [6, 6.07) is 9.94. The summed E-state index contributed by atoms with van der Waals surface area (Å²) in [5.74, 6) is 3.16. The van der Waals surface area contributed by atoms with Gasteiger partial charge in [0.05, 0.1) is 13.7 Å². The van der Waals surface area contributed by atoms with Crippen molar-refractivity contribution in [1.82, 2.24) is 10.3 Å². The zero-order valence-corrected chi connectivity index (χ0v) is 17.6. The van der Waals surface area contributed by atoms with Crippen LogP contribution in [0.25, 0.3) is 0 Å². The second-order valence-corrected chi connectivity index (χ2v) is 6.92. The van der Waals surface area contributed by atoms with Gasteiger partial charge in [0, 0.05) is 44.6 Å². The van der Waals surface area contributed by atoms with E-state index in [1.807, 2.05) is 37.4 Å². The second kappa shape index (κ2) is 10.5. The molecule has 0 amide bonds. The van der Waals surface area contributed by atoms with E-state index in [4.69, 9.17) is 9.47 Å². The normalized spacial score (nSPS) is 14.4. The first-order chi connectivity index (χ1) is 14.2. The molecule has 0 radical (unpaired) electrons. The number of benzene rings is 1. The molecule has 7 nitrogen and oxygen atoms in total. The van der Waals surface area contributed by atoms with Crippen LogP contribution in [0.1, 0.15) is 31.7 Å². The van der Waals surface area contributed by atoms with Crippen LogP contribution < -0.4 is 25.0 Å². The fourth-order valence-electron chi connectivity index (χ4n) is 3.39. The lowest BCUT2D eigenvalue weighted by Gasteiger charge is -2.28. The number of pyridine rings is 1. The lowest BCUT2D eigenvalue weighted by molar-refractivity contribution is 0.311. The van der Waals surface area contributed by atoms with Gasteiger partial charge in [-0.15, -0.1) is 0 Å². The fraction of sp³-hybridized carbons (Fsp3) is 0.455. The summed E-state index contributed by atoms with van der Waals surface area (Å²) in [7, 11) is 3.39. The van der Waals surface area contributed by atoms with E-state index < -0.39 is 0 Å². The van der Waals surface area contributed by atoms with E-state index in [1.165, 1.54) is 24.8 Å². The van der Waals surface area contributed by atoms with Crippen LogP contribution in [0.3, 0.4) is 0 Å². The Balaban J connectivity index is 1.61. The maximum Gasteiger partial charge on any atom is 0.195 e. The van der Waals surface area contributed by atoms with Gasteiger partial charge < -0.3 is 25.0 Å². The Hall–Kier alpha value is -2.96. The van der Waals surface area contributed by atoms with Crippen LogP contribution in [0, 0.1) is 0 Å². The lowest BCUT2D eigenvalue weighted by atomic mass is 10.1.